The first-order valence-corrected chi connectivity index (χ1v) is 9.37. The normalized spacial score (nSPS) is 17.9. The van der Waals surface area contributed by atoms with Crippen molar-refractivity contribution in [3.63, 3.8) is 0 Å². The summed E-state index contributed by atoms with van der Waals surface area (Å²) in [4.78, 5) is 14.2. The number of hydroxylamine groups is 1. The molecule has 3 rings (SSSR count). The lowest BCUT2D eigenvalue weighted by Gasteiger charge is -2.43. The molecule has 0 spiro atoms. The van der Waals surface area contributed by atoms with E-state index in [1.807, 2.05) is 23.1 Å². The number of nitrogens with zero attached hydrogens (tertiary/aromatic N) is 1. The van der Waals surface area contributed by atoms with Crippen molar-refractivity contribution in [2.75, 3.05) is 13.1 Å². The lowest BCUT2D eigenvalue weighted by Crippen LogP contribution is -2.62. The molecule has 0 aliphatic carbocycles. The molecule has 1 atom stereocenters. The summed E-state index contributed by atoms with van der Waals surface area (Å²) in [7, 11) is 0. The van der Waals surface area contributed by atoms with E-state index in [0.29, 0.717) is 19.0 Å². The van der Waals surface area contributed by atoms with Crippen LogP contribution in [0.15, 0.2) is 54.6 Å². The van der Waals surface area contributed by atoms with Gasteiger partial charge in [-0.2, -0.15) is 0 Å². The predicted molar refractivity (Wildman–Crippen MR) is 107 cm³/mol. The highest BCUT2D eigenvalue weighted by molar-refractivity contribution is 6.10. The number of hydrogen-bond donors (Lipinski definition) is 3. The van der Waals surface area contributed by atoms with Crippen LogP contribution in [-0.4, -0.2) is 40.4 Å². The second-order valence-corrected chi connectivity index (χ2v) is 7.39. The Labute approximate surface area is 160 Å². The van der Waals surface area contributed by atoms with E-state index in [4.69, 9.17) is 10.6 Å². The maximum Gasteiger partial charge on any atom is 0.269 e. The van der Waals surface area contributed by atoms with Gasteiger partial charge in [0.1, 0.15) is 5.54 Å². The maximum absolute atomic E-state index is 12.2. The smallest absolute Gasteiger partial charge is 0.269 e. The zero-order valence-electron chi connectivity index (χ0n) is 15.9. The van der Waals surface area contributed by atoms with Crippen molar-refractivity contribution >= 4 is 11.6 Å². The Morgan fingerprint density at radius 3 is 2.15 bits per heavy atom. The minimum absolute atomic E-state index is 0.236. The molecule has 0 radical (unpaired) electrons. The quantitative estimate of drug-likeness (QED) is 0.428. The SMILES string of the molecule is CC(=N)C(C)(C(=O)NO)N1CCC(c2ccc(-c3ccccc3)cc2)CC1. The zero-order chi connectivity index (χ0) is 19.4. The first kappa shape index (κ1) is 19.3. The maximum atomic E-state index is 12.2. The van der Waals surface area contributed by atoms with Gasteiger partial charge in [-0.25, -0.2) is 5.48 Å². The molecule has 1 aliphatic rings. The van der Waals surface area contributed by atoms with Crippen molar-refractivity contribution in [3.8, 4) is 11.1 Å². The highest BCUT2D eigenvalue weighted by atomic mass is 16.5. The summed E-state index contributed by atoms with van der Waals surface area (Å²) in [5, 5.41) is 17.1. The predicted octanol–water partition coefficient (Wildman–Crippen LogP) is 3.84. The third-order valence-electron chi connectivity index (χ3n) is 5.89. The molecule has 3 N–H and O–H groups in total. The molecule has 0 aromatic heterocycles. The minimum atomic E-state index is -1.10. The van der Waals surface area contributed by atoms with Gasteiger partial charge in [0.25, 0.3) is 5.91 Å². The van der Waals surface area contributed by atoms with Crippen LogP contribution in [-0.2, 0) is 4.79 Å². The summed E-state index contributed by atoms with van der Waals surface area (Å²) in [5.74, 6) is -0.0979. The molecule has 142 valence electrons. The van der Waals surface area contributed by atoms with Crippen LogP contribution in [0.3, 0.4) is 0 Å². The van der Waals surface area contributed by atoms with Crippen LogP contribution in [0.1, 0.15) is 38.2 Å². The van der Waals surface area contributed by atoms with E-state index >= 15 is 0 Å². The van der Waals surface area contributed by atoms with E-state index < -0.39 is 11.4 Å². The van der Waals surface area contributed by atoms with Gasteiger partial charge in [0.15, 0.2) is 0 Å². The third-order valence-corrected chi connectivity index (χ3v) is 5.89. The molecular weight excluding hydrogens is 338 g/mol. The van der Waals surface area contributed by atoms with Crippen molar-refractivity contribution in [3.05, 3.63) is 60.2 Å². The average Bonchev–Trinajstić information content (AvgIpc) is 2.73. The van der Waals surface area contributed by atoms with Crippen molar-refractivity contribution in [2.45, 2.75) is 38.1 Å². The molecule has 0 bridgehead atoms. The van der Waals surface area contributed by atoms with Crippen LogP contribution in [0.25, 0.3) is 11.1 Å². The summed E-state index contributed by atoms with van der Waals surface area (Å²) in [6.07, 6.45) is 1.85. The molecule has 1 aliphatic heterocycles. The van der Waals surface area contributed by atoms with E-state index in [1.54, 1.807) is 19.3 Å². The number of rotatable bonds is 5. The van der Waals surface area contributed by atoms with Crippen molar-refractivity contribution in [1.29, 1.82) is 5.41 Å². The largest absolute Gasteiger partial charge is 0.307 e. The van der Waals surface area contributed by atoms with Crippen molar-refractivity contribution in [2.24, 2.45) is 0 Å². The van der Waals surface area contributed by atoms with Gasteiger partial charge in [0.2, 0.25) is 0 Å². The number of hydrogen-bond acceptors (Lipinski definition) is 4. The van der Waals surface area contributed by atoms with Gasteiger partial charge in [0.05, 0.1) is 0 Å². The van der Waals surface area contributed by atoms with Gasteiger partial charge in [-0.15, -0.1) is 0 Å². The second kappa shape index (κ2) is 8.03. The molecule has 1 unspecified atom stereocenters. The summed E-state index contributed by atoms with van der Waals surface area (Å²) < 4.78 is 0. The summed E-state index contributed by atoms with van der Waals surface area (Å²) in [5.41, 5.74) is 4.60. The number of carbonyl (C=O) groups is 1. The summed E-state index contributed by atoms with van der Waals surface area (Å²) >= 11 is 0. The summed E-state index contributed by atoms with van der Waals surface area (Å²) in [6.45, 7) is 4.75. The standard InChI is InChI=1S/C22H27N3O2/c1-16(23)22(2,21(26)24-27)25-14-12-20(13-15-25)19-10-8-18(9-11-19)17-6-4-3-5-7-17/h3-11,20,23,27H,12-15H2,1-2H3,(H,24,26). The van der Waals surface area contributed by atoms with E-state index in [2.05, 4.69) is 36.4 Å². The lowest BCUT2D eigenvalue weighted by atomic mass is 9.84. The summed E-state index contributed by atoms with van der Waals surface area (Å²) in [6, 6.07) is 19.1. The van der Waals surface area contributed by atoms with Crippen molar-refractivity contribution < 1.29 is 10.0 Å². The number of amides is 1. The second-order valence-electron chi connectivity index (χ2n) is 7.39. The van der Waals surface area contributed by atoms with E-state index in [9.17, 15) is 4.79 Å². The van der Waals surface area contributed by atoms with Gasteiger partial charge in [-0.1, -0.05) is 54.6 Å². The molecule has 27 heavy (non-hydrogen) atoms. The molecular formula is C22H27N3O2. The van der Waals surface area contributed by atoms with E-state index in [1.165, 1.54) is 16.7 Å². The molecule has 1 fully saturated rings. The highest BCUT2D eigenvalue weighted by Gasteiger charge is 2.43. The average molecular weight is 365 g/mol. The van der Waals surface area contributed by atoms with E-state index in [-0.39, 0.29) is 5.71 Å². The van der Waals surface area contributed by atoms with Gasteiger partial charge in [-0.05, 0) is 49.3 Å². The van der Waals surface area contributed by atoms with Crippen molar-refractivity contribution in [1.82, 2.24) is 10.4 Å². The van der Waals surface area contributed by atoms with Crippen LogP contribution in [0.5, 0.6) is 0 Å². The number of piperidine rings is 1. The molecule has 5 nitrogen and oxygen atoms in total. The van der Waals surface area contributed by atoms with Gasteiger partial charge < -0.3 is 5.41 Å². The topological polar surface area (TPSA) is 76.4 Å². The fraction of sp³-hybridized carbons (Fsp3) is 0.364. The number of carbonyl (C=O) groups excluding carboxylic acids is 1. The number of nitrogens with one attached hydrogen (secondary N) is 2. The molecule has 1 amide bonds. The molecule has 1 saturated heterocycles. The van der Waals surface area contributed by atoms with Gasteiger partial charge in [-0.3, -0.25) is 14.9 Å². The number of likely N-dealkylation sites (tertiary alicyclic amines) is 1. The first-order valence-electron chi connectivity index (χ1n) is 9.37. The van der Waals surface area contributed by atoms with Gasteiger partial charge >= 0.3 is 0 Å². The van der Waals surface area contributed by atoms with Crippen LogP contribution >= 0.6 is 0 Å². The van der Waals surface area contributed by atoms with Crippen LogP contribution in [0.2, 0.25) is 0 Å². The molecule has 2 aromatic rings. The molecule has 5 heteroatoms. The molecule has 2 aromatic carbocycles. The monoisotopic (exact) mass is 365 g/mol. The van der Waals surface area contributed by atoms with E-state index in [0.717, 1.165) is 12.8 Å². The Bertz CT molecular complexity index is 796. The Balaban J connectivity index is 1.69. The highest BCUT2D eigenvalue weighted by Crippen LogP contribution is 2.33. The Kier molecular flexibility index (Phi) is 5.73. The van der Waals surface area contributed by atoms with Gasteiger partial charge in [0, 0.05) is 18.8 Å². The number of benzene rings is 2. The fourth-order valence-corrected chi connectivity index (χ4v) is 3.90. The van der Waals surface area contributed by atoms with Crippen LogP contribution < -0.4 is 5.48 Å². The lowest BCUT2D eigenvalue weighted by molar-refractivity contribution is -0.138. The van der Waals surface area contributed by atoms with Crippen LogP contribution in [0, 0.1) is 5.41 Å². The zero-order valence-corrected chi connectivity index (χ0v) is 15.9. The third kappa shape index (κ3) is 3.80. The van der Waals surface area contributed by atoms with Crippen LogP contribution in [0.4, 0.5) is 0 Å². The first-order chi connectivity index (χ1) is 13.0. The molecule has 1 heterocycles. The Morgan fingerprint density at radius 2 is 1.63 bits per heavy atom. The molecule has 0 saturated carbocycles. The fourth-order valence-electron chi connectivity index (χ4n) is 3.90. The Morgan fingerprint density at radius 1 is 1.07 bits per heavy atom. The Hall–Kier alpha value is -2.50. The minimum Gasteiger partial charge on any atom is -0.307 e.